The van der Waals surface area contributed by atoms with Crippen LogP contribution in [0.25, 0.3) is 0 Å². The van der Waals surface area contributed by atoms with Gasteiger partial charge in [0.2, 0.25) is 0 Å². The minimum Gasteiger partial charge on any atom is -0.382 e. The number of rotatable bonds is 6. The average Bonchev–Trinajstić information content (AvgIpc) is 2.58. The third kappa shape index (κ3) is 4.53. The standard InChI is InChI=1S/C9H14F3N3O2S2/c1-2-5-19(16,17)6-7(13)15-18-8(6)14-4-3-9(10,11)12/h14H,2-5H2,1H3,(H2,13,15). The first-order valence-electron chi connectivity index (χ1n) is 5.46. The summed E-state index contributed by atoms with van der Waals surface area (Å²) in [4.78, 5) is -0.193. The highest BCUT2D eigenvalue weighted by atomic mass is 32.2. The Bertz CT molecular complexity index is 525. The number of nitrogens with one attached hydrogen (secondary N) is 1. The van der Waals surface area contributed by atoms with E-state index in [-0.39, 0.29) is 21.5 Å². The van der Waals surface area contributed by atoms with E-state index in [0.29, 0.717) is 6.42 Å². The molecule has 1 rings (SSSR count). The summed E-state index contributed by atoms with van der Waals surface area (Å²) in [6.45, 7) is 1.27. The Balaban J connectivity index is 2.87. The van der Waals surface area contributed by atoms with Gasteiger partial charge in [0, 0.05) is 6.54 Å². The maximum absolute atomic E-state index is 12.0. The molecular weight excluding hydrogens is 303 g/mol. The monoisotopic (exact) mass is 317 g/mol. The molecule has 0 saturated carbocycles. The van der Waals surface area contributed by atoms with E-state index in [0.717, 1.165) is 11.5 Å². The summed E-state index contributed by atoms with van der Waals surface area (Å²) in [7, 11) is -3.62. The van der Waals surface area contributed by atoms with E-state index in [4.69, 9.17) is 5.73 Å². The van der Waals surface area contributed by atoms with Crippen molar-refractivity contribution in [3.05, 3.63) is 0 Å². The zero-order valence-electron chi connectivity index (χ0n) is 10.1. The van der Waals surface area contributed by atoms with Crippen molar-refractivity contribution in [1.29, 1.82) is 0 Å². The van der Waals surface area contributed by atoms with Crippen LogP contribution in [0.4, 0.5) is 24.0 Å². The van der Waals surface area contributed by atoms with Crippen molar-refractivity contribution in [2.75, 3.05) is 23.3 Å². The van der Waals surface area contributed by atoms with Gasteiger partial charge in [0.25, 0.3) is 0 Å². The normalized spacial score (nSPS) is 12.6. The Labute approximate surface area is 113 Å². The highest BCUT2D eigenvalue weighted by Gasteiger charge is 2.28. The molecular formula is C9H14F3N3O2S2. The van der Waals surface area contributed by atoms with E-state index in [9.17, 15) is 21.6 Å². The molecule has 0 aliphatic carbocycles. The first kappa shape index (κ1) is 16.0. The minimum atomic E-state index is -4.30. The predicted molar refractivity (Wildman–Crippen MR) is 68.0 cm³/mol. The van der Waals surface area contributed by atoms with Crippen molar-refractivity contribution in [3.8, 4) is 0 Å². The Kier molecular flexibility index (Phi) is 5.02. The number of halogens is 3. The summed E-state index contributed by atoms with van der Waals surface area (Å²) in [5.41, 5.74) is 5.47. The molecule has 1 aromatic rings. The first-order valence-corrected chi connectivity index (χ1v) is 7.88. The van der Waals surface area contributed by atoms with Crippen molar-refractivity contribution >= 4 is 32.2 Å². The van der Waals surface area contributed by atoms with E-state index in [1.165, 1.54) is 0 Å². The molecule has 110 valence electrons. The van der Waals surface area contributed by atoms with Crippen molar-refractivity contribution in [3.63, 3.8) is 0 Å². The molecule has 0 unspecified atom stereocenters. The lowest BCUT2D eigenvalue weighted by Gasteiger charge is -2.09. The number of nitrogens with zero attached hydrogens (tertiary/aromatic N) is 1. The van der Waals surface area contributed by atoms with Crippen LogP contribution < -0.4 is 11.1 Å². The quantitative estimate of drug-likeness (QED) is 0.841. The first-order chi connectivity index (χ1) is 8.67. The number of nitrogen functional groups attached to an aromatic ring is 1. The molecule has 0 amide bonds. The SMILES string of the molecule is CCCS(=O)(=O)c1c(N)nsc1NCCC(F)(F)F. The maximum Gasteiger partial charge on any atom is 0.390 e. The average molecular weight is 317 g/mol. The summed E-state index contributed by atoms with van der Waals surface area (Å²) in [6, 6.07) is 0. The molecule has 3 N–H and O–H groups in total. The fourth-order valence-electron chi connectivity index (χ4n) is 1.40. The molecule has 0 fully saturated rings. The van der Waals surface area contributed by atoms with Gasteiger partial charge in [0.15, 0.2) is 15.7 Å². The Hall–Kier alpha value is -1.03. The van der Waals surface area contributed by atoms with Gasteiger partial charge in [0.1, 0.15) is 9.90 Å². The maximum atomic E-state index is 12.0. The van der Waals surface area contributed by atoms with Crippen LogP contribution in [0.2, 0.25) is 0 Å². The Morgan fingerprint density at radius 2 is 2.05 bits per heavy atom. The molecule has 0 radical (unpaired) electrons. The van der Waals surface area contributed by atoms with Crippen LogP contribution in [0.5, 0.6) is 0 Å². The lowest BCUT2D eigenvalue weighted by molar-refractivity contribution is -0.131. The van der Waals surface area contributed by atoms with Crippen molar-refractivity contribution < 1.29 is 21.6 Å². The molecule has 0 atom stereocenters. The zero-order valence-corrected chi connectivity index (χ0v) is 11.8. The third-order valence-corrected chi connectivity index (χ3v) is 5.08. The number of hydrogen-bond acceptors (Lipinski definition) is 6. The fraction of sp³-hybridized carbons (Fsp3) is 0.667. The number of alkyl halides is 3. The largest absolute Gasteiger partial charge is 0.390 e. The van der Waals surface area contributed by atoms with Gasteiger partial charge < -0.3 is 11.1 Å². The van der Waals surface area contributed by atoms with Crippen LogP contribution in [0, 0.1) is 0 Å². The number of aromatic nitrogens is 1. The van der Waals surface area contributed by atoms with E-state index >= 15 is 0 Å². The van der Waals surface area contributed by atoms with Gasteiger partial charge >= 0.3 is 6.18 Å². The molecule has 0 saturated heterocycles. The van der Waals surface area contributed by atoms with Gasteiger partial charge in [-0.05, 0) is 18.0 Å². The van der Waals surface area contributed by atoms with E-state index in [1.807, 2.05) is 0 Å². The summed E-state index contributed by atoms with van der Waals surface area (Å²) in [5, 5.41) is 2.50. The topological polar surface area (TPSA) is 85.1 Å². The Morgan fingerprint density at radius 3 is 2.58 bits per heavy atom. The van der Waals surface area contributed by atoms with Crippen molar-refractivity contribution in [2.45, 2.75) is 30.8 Å². The molecule has 19 heavy (non-hydrogen) atoms. The highest BCUT2D eigenvalue weighted by Crippen LogP contribution is 2.33. The zero-order chi connectivity index (χ0) is 14.7. The predicted octanol–water partition coefficient (Wildman–Crippen LogP) is 2.27. The Morgan fingerprint density at radius 1 is 1.42 bits per heavy atom. The minimum absolute atomic E-state index is 0.0650. The molecule has 0 aliphatic heterocycles. The lowest BCUT2D eigenvalue weighted by atomic mass is 10.4. The fourth-order valence-corrected chi connectivity index (χ4v) is 4.04. The van der Waals surface area contributed by atoms with Crippen LogP contribution in [0.15, 0.2) is 4.90 Å². The summed E-state index contributed by atoms with van der Waals surface area (Å²) < 4.78 is 63.6. The molecule has 0 spiro atoms. The number of anilines is 2. The van der Waals surface area contributed by atoms with Gasteiger partial charge in [-0.25, -0.2) is 8.42 Å². The van der Waals surface area contributed by atoms with Gasteiger partial charge in [-0.3, -0.25) is 0 Å². The molecule has 1 heterocycles. The van der Waals surface area contributed by atoms with Gasteiger partial charge in [-0.15, -0.1) is 0 Å². The van der Waals surface area contributed by atoms with E-state index in [2.05, 4.69) is 9.69 Å². The van der Waals surface area contributed by atoms with Crippen LogP contribution in [-0.4, -0.2) is 31.3 Å². The lowest BCUT2D eigenvalue weighted by Crippen LogP contribution is -2.16. The van der Waals surface area contributed by atoms with Gasteiger partial charge in [-0.2, -0.15) is 17.5 Å². The molecule has 1 aromatic heterocycles. The number of hydrogen-bond donors (Lipinski definition) is 2. The van der Waals surface area contributed by atoms with Crippen LogP contribution in [0.1, 0.15) is 19.8 Å². The second-order valence-electron chi connectivity index (χ2n) is 3.84. The van der Waals surface area contributed by atoms with Gasteiger partial charge in [-0.1, -0.05) is 6.92 Å². The summed E-state index contributed by atoms with van der Waals surface area (Å²) >= 11 is 0.747. The summed E-state index contributed by atoms with van der Waals surface area (Å²) in [5.74, 6) is -0.295. The second-order valence-corrected chi connectivity index (χ2v) is 6.66. The molecule has 0 aromatic carbocycles. The molecule has 10 heteroatoms. The van der Waals surface area contributed by atoms with Crippen LogP contribution in [0.3, 0.4) is 0 Å². The smallest absolute Gasteiger partial charge is 0.382 e. The number of sulfone groups is 1. The van der Waals surface area contributed by atoms with E-state index in [1.54, 1.807) is 6.92 Å². The van der Waals surface area contributed by atoms with Gasteiger partial charge in [0.05, 0.1) is 12.2 Å². The van der Waals surface area contributed by atoms with E-state index < -0.39 is 29.0 Å². The van der Waals surface area contributed by atoms with Crippen molar-refractivity contribution in [2.24, 2.45) is 0 Å². The second kappa shape index (κ2) is 5.95. The molecule has 0 bridgehead atoms. The number of nitrogens with two attached hydrogens (primary N) is 1. The van der Waals surface area contributed by atoms with Crippen LogP contribution in [-0.2, 0) is 9.84 Å². The third-order valence-electron chi connectivity index (χ3n) is 2.15. The highest BCUT2D eigenvalue weighted by molar-refractivity contribution is 7.91. The van der Waals surface area contributed by atoms with Crippen LogP contribution >= 0.6 is 11.5 Å². The van der Waals surface area contributed by atoms with Crippen molar-refractivity contribution in [1.82, 2.24) is 4.37 Å². The molecule has 0 aliphatic rings. The molecule has 5 nitrogen and oxygen atoms in total. The summed E-state index contributed by atoms with van der Waals surface area (Å²) in [6.07, 6.45) is -4.97.